The summed E-state index contributed by atoms with van der Waals surface area (Å²) in [6.45, 7) is 5.77. The summed E-state index contributed by atoms with van der Waals surface area (Å²) in [6, 6.07) is 10.5. The molecule has 28 heavy (non-hydrogen) atoms. The van der Waals surface area contributed by atoms with Crippen LogP contribution in [0, 0.1) is 12.8 Å². The maximum Gasteiger partial charge on any atom is 0.329 e. The number of thiazole rings is 1. The predicted molar refractivity (Wildman–Crippen MR) is 107 cm³/mol. The zero-order valence-electron chi connectivity index (χ0n) is 16.0. The van der Waals surface area contributed by atoms with Crippen LogP contribution in [0.2, 0.25) is 0 Å². The van der Waals surface area contributed by atoms with E-state index in [9.17, 15) is 9.59 Å². The quantitative estimate of drug-likeness (QED) is 0.603. The summed E-state index contributed by atoms with van der Waals surface area (Å²) in [5.41, 5.74) is 2.89. The lowest BCUT2D eigenvalue weighted by atomic mass is 10.0. The van der Waals surface area contributed by atoms with Crippen molar-refractivity contribution in [2.75, 3.05) is 0 Å². The number of nitrogens with one attached hydrogen (secondary N) is 1. The van der Waals surface area contributed by atoms with Crippen molar-refractivity contribution in [2.45, 2.75) is 33.4 Å². The number of nitrogens with zero attached hydrogens (tertiary/aromatic N) is 1. The van der Waals surface area contributed by atoms with E-state index >= 15 is 0 Å². The van der Waals surface area contributed by atoms with E-state index in [0.717, 1.165) is 10.6 Å². The molecule has 3 rings (SSSR count). The first kappa shape index (κ1) is 19.8. The summed E-state index contributed by atoms with van der Waals surface area (Å²) in [5, 5.41) is 5.41. The molecule has 0 unspecified atom stereocenters. The average Bonchev–Trinajstić information content (AvgIpc) is 3.36. The third kappa shape index (κ3) is 4.86. The molecule has 0 radical (unpaired) electrons. The molecule has 0 saturated carbocycles. The molecule has 3 aromatic rings. The van der Waals surface area contributed by atoms with E-state index in [1.807, 2.05) is 50.4 Å². The first-order chi connectivity index (χ1) is 13.4. The van der Waals surface area contributed by atoms with Gasteiger partial charge in [0.1, 0.15) is 17.7 Å². The minimum absolute atomic E-state index is 0.0566. The van der Waals surface area contributed by atoms with E-state index in [2.05, 4.69) is 10.3 Å². The second-order valence-corrected chi connectivity index (χ2v) is 7.65. The number of rotatable bonds is 7. The number of hydrogen-bond acceptors (Lipinski definition) is 6. The molecule has 146 valence electrons. The van der Waals surface area contributed by atoms with Crippen molar-refractivity contribution in [1.82, 2.24) is 10.3 Å². The molecule has 0 aliphatic rings. The molecule has 0 aliphatic carbocycles. The Hall–Kier alpha value is -2.93. The minimum Gasteiger partial charge on any atom is -0.459 e. The second-order valence-electron chi connectivity index (χ2n) is 6.79. The van der Waals surface area contributed by atoms with Gasteiger partial charge in [-0.2, -0.15) is 0 Å². The molecule has 0 saturated heterocycles. The molecule has 1 atom stereocenters. The molecule has 0 fully saturated rings. The molecular weight excluding hydrogens is 376 g/mol. The predicted octanol–water partition coefficient (Wildman–Crippen LogP) is 4.21. The number of ether oxygens (including phenoxy) is 1. The Bertz CT molecular complexity index is 930. The van der Waals surface area contributed by atoms with Crippen molar-refractivity contribution in [3.05, 3.63) is 65.1 Å². The van der Waals surface area contributed by atoms with Crippen LogP contribution < -0.4 is 5.32 Å². The van der Waals surface area contributed by atoms with Gasteiger partial charge in [0.2, 0.25) is 0 Å². The van der Waals surface area contributed by atoms with Gasteiger partial charge in [0.05, 0.1) is 12.0 Å². The number of esters is 1. The Morgan fingerprint density at radius 1 is 1.21 bits per heavy atom. The number of hydrogen-bond donors (Lipinski definition) is 1. The average molecular weight is 398 g/mol. The summed E-state index contributed by atoms with van der Waals surface area (Å²) in [6.07, 6.45) is 1.41. The molecule has 2 aromatic heterocycles. The number of carbonyl (C=O) groups is 2. The molecule has 1 aromatic carbocycles. The van der Waals surface area contributed by atoms with Crippen LogP contribution in [-0.2, 0) is 16.1 Å². The lowest BCUT2D eigenvalue weighted by Crippen LogP contribution is -2.45. The van der Waals surface area contributed by atoms with Crippen molar-refractivity contribution >= 4 is 23.2 Å². The highest BCUT2D eigenvalue weighted by molar-refractivity contribution is 7.13. The van der Waals surface area contributed by atoms with Crippen molar-refractivity contribution in [2.24, 2.45) is 5.92 Å². The third-order valence-electron chi connectivity index (χ3n) is 4.16. The third-order valence-corrected chi connectivity index (χ3v) is 5.10. The van der Waals surface area contributed by atoms with Crippen LogP contribution in [0.1, 0.15) is 35.7 Å². The molecule has 0 spiro atoms. The monoisotopic (exact) mass is 398 g/mol. The normalized spacial score (nSPS) is 12.0. The van der Waals surface area contributed by atoms with Gasteiger partial charge in [0.25, 0.3) is 5.91 Å². The van der Waals surface area contributed by atoms with Gasteiger partial charge in [-0.1, -0.05) is 43.7 Å². The molecule has 6 nitrogen and oxygen atoms in total. The van der Waals surface area contributed by atoms with Gasteiger partial charge < -0.3 is 14.5 Å². The molecule has 1 N–H and O–H groups in total. The summed E-state index contributed by atoms with van der Waals surface area (Å²) in [7, 11) is 0. The Kier molecular flexibility index (Phi) is 6.26. The zero-order valence-corrected chi connectivity index (χ0v) is 16.8. The molecule has 1 amide bonds. The van der Waals surface area contributed by atoms with Crippen LogP contribution in [0.15, 0.2) is 52.5 Å². The number of amides is 1. The van der Waals surface area contributed by atoms with E-state index in [1.165, 1.54) is 23.2 Å². The van der Waals surface area contributed by atoms with E-state index in [0.29, 0.717) is 5.69 Å². The fourth-order valence-corrected chi connectivity index (χ4v) is 3.37. The highest BCUT2D eigenvalue weighted by atomic mass is 32.1. The Labute approximate surface area is 167 Å². The summed E-state index contributed by atoms with van der Waals surface area (Å²) >= 11 is 1.50. The standard InChI is InChI=1S/C21H22N2O4S/c1-13(2)18(23-19(24)17-5-4-10-26-17)21(25)27-11-16-12-28-20(22-16)15-8-6-14(3)7-9-15/h4-10,12-13,18H,11H2,1-3H3,(H,23,24)/t18-/m0/s1. The summed E-state index contributed by atoms with van der Waals surface area (Å²) in [4.78, 5) is 29.2. The number of aromatic nitrogens is 1. The highest BCUT2D eigenvalue weighted by Gasteiger charge is 2.27. The fraction of sp³-hybridized carbons (Fsp3) is 0.286. The van der Waals surface area contributed by atoms with Gasteiger partial charge in [-0.05, 0) is 25.0 Å². The summed E-state index contributed by atoms with van der Waals surface area (Å²) < 4.78 is 10.5. The first-order valence-corrected chi connectivity index (χ1v) is 9.84. The maximum atomic E-state index is 12.5. The lowest BCUT2D eigenvalue weighted by Gasteiger charge is -2.20. The number of benzene rings is 1. The van der Waals surface area contributed by atoms with Crippen LogP contribution in [0.25, 0.3) is 10.6 Å². The Balaban J connectivity index is 1.60. The van der Waals surface area contributed by atoms with Gasteiger partial charge in [0.15, 0.2) is 5.76 Å². The van der Waals surface area contributed by atoms with Crippen molar-refractivity contribution in [1.29, 1.82) is 0 Å². The zero-order chi connectivity index (χ0) is 20.1. The molecule has 2 heterocycles. The lowest BCUT2D eigenvalue weighted by molar-refractivity contribution is -0.148. The van der Waals surface area contributed by atoms with E-state index in [4.69, 9.17) is 9.15 Å². The Morgan fingerprint density at radius 3 is 2.61 bits per heavy atom. The van der Waals surface area contributed by atoms with Crippen LogP contribution in [-0.4, -0.2) is 22.9 Å². The molecular formula is C21H22N2O4S. The Morgan fingerprint density at radius 2 is 1.96 bits per heavy atom. The van der Waals surface area contributed by atoms with Crippen LogP contribution in [0.5, 0.6) is 0 Å². The molecule has 0 aliphatic heterocycles. The topological polar surface area (TPSA) is 81.4 Å². The van der Waals surface area contributed by atoms with Crippen molar-refractivity contribution in [3.8, 4) is 10.6 Å². The number of furan rings is 1. The largest absolute Gasteiger partial charge is 0.459 e. The first-order valence-electron chi connectivity index (χ1n) is 8.96. The van der Waals surface area contributed by atoms with Gasteiger partial charge in [-0.25, -0.2) is 9.78 Å². The van der Waals surface area contributed by atoms with E-state index in [1.54, 1.807) is 12.1 Å². The van der Waals surface area contributed by atoms with E-state index < -0.39 is 17.9 Å². The number of carbonyl (C=O) groups excluding carboxylic acids is 2. The minimum atomic E-state index is -0.771. The molecule has 7 heteroatoms. The van der Waals surface area contributed by atoms with Gasteiger partial charge >= 0.3 is 5.97 Å². The van der Waals surface area contributed by atoms with E-state index in [-0.39, 0.29) is 18.3 Å². The van der Waals surface area contributed by atoms with Crippen LogP contribution in [0.3, 0.4) is 0 Å². The van der Waals surface area contributed by atoms with Gasteiger partial charge in [0, 0.05) is 10.9 Å². The SMILES string of the molecule is Cc1ccc(-c2nc(COC(=O)[C@@H](NC(=O)c3ccco3)C(C)C)cs2)cc1. The molecule has 0 bridgehead atoms. The van der Waals surface area contributed by atoms with Crippen molar-refractivity contribution < 1.29 is 18.7 Å². The number of aryl methyl sites for hydroxylation is 1. The second kappa shape index (κ2) is 8.84. The van der Waals surface area contributed by atoms with Crippen LogP contribution in [0.4, 0.5) is 0 Å². The smallest absolute Gasteiger partial charge is 0.329 e. The fourth-order valence-electron chi connectivity index (χ4n) is 2.55. The highest BCUT2D eigenvalue weighted by Crippen LogP contribution is 2.24. The van der Waals surface area contributed by atoms with Crippen LogP contribution >= 0.6 is 11.3 Å². The van der Waals surface area contributed by atoms with Crippen molar-refractivity contribution in [3.63, 3.8) is 0 Å². The van der Waals surface area contributed by atoms with Gasteiger partial charge in [-0.3, -0.25) is 4.79 Å². The maximum absolute atomic E-state index is 12.5. The van der Waals surface area contributed by atoms with Gasteiger partial charge in [-0.15, -0.1) is 11.3 Å². The summed E-state index contributed by atoms with van der Waals surface area (Å²) in [5.74, 6) is -0.929.